The van der Waals surface area contributed by atoms with Crippen LogP contribution in [0.25, 0.3) is 0 Å². The van der Waals surface area contributed by atoms with Crippen molar-refractivity contribution in [3.05, 3.63) is 88.5 Å². The number of ether oxygens (including phenoxy) is 2. The van der Waals surface area contributed by atoms with E-state index < -0.39 is 20.7 Å². The molecule has 0 saturated carbocycles. The smallest absolute Gasteiger partial charge is 0.269 e. The topological polar surface area (TPSA) is 125 Å². The van der Waals surface area contributed by atoms with Crippen molar-refractivity contribution in [2.75, 3.05) is 18.5 Å². The Balaban J connectivity index is 1.45. The van der Waals surface area contributed by atoms with Crippen LogP contribution in [0.3, 0.4) is 0 Å². The van der Waals surface area contributed by atoms with Crippen molar-refractivity contribution in [2.45, 2.75) is 28.7 Å². The zero-order valence-electron chi connectivity index (χ0n) is 18.0. The Labute approximate surface area is 196 Å². The maximum atomic E-state index is 12.8. The van der Waals surface area contributed by atoms with E-state index in [1.54, 1.807) is 24.3 Å². The Kier molecular flexibility index (Phi) is 6.90. The fourth-order valence-corrected chi connectivity index (χ4v) is 4.80. The highest BCUT2D eigenvalue weighted by Gasteiger charge is 2.20. The number of hydrogen-bond acceptors (Lipinski definition) is 7. The molecular formula is C24H22N2O7S. The third kappa shape index (κ3) is 5.24. The first kappa shape index (κ1) is 23.4. The Bertz CT molecular complexity index is 1280. The van der Waals surface area contributed by atoms with Gasteiger partial charge in [-0.25, -0.2) is 8.42 Å². The number of sulfone groups is 1. The molecule has 3 aromatic carbocycles. The number of nitrogens with one attached hydrogen (secondary N) is 1. The van der Waals surface area contributed by atoms with Crippen LogP contribution in [0.4, 0.5) is 11.4 Å². The monoisotopic (exact) mass is 482 g/mol. The third-order valence-corrected chi connectivity index (χ3v) is 7.15. The summed E-state index contributed by atoms with van der Waals surface area (Å²) in [4.78, 5) is 23.0. The zero-order chi connectivity index (χ0) is 24.1. The van der Waals surface area contributed by atoms with Crippen LogP contribution in [0.15, 0.2) is 82.6 Å². The zero-order valence-corrected chi connectivity index (χ0v) is 18.9. The number of benzene rings is 3. The van der Waals surface area contributed by atoms with Crippen LogP contribution in [-0.4, -0.2) is 38.6 Å². The molecule has 9 nitrogen and oxygen atoms in total. The highest BCUT2D eigenvalue weighted by molar-refractivity contribution is 7.91. The van der Waals surface area contributed by atoms with E-state index >= 15 is 0 Å². The second-order valence-electron chi connectivity index (χ2n) is 7.68. The molecule has 4 rings (SSSR count). The first-order valence-electron chi connectivity index (χ1n) is 10.6. The lowest BCUT2D eigenvalue weighted by Gasteiger charge is -2.14. The molecule has 0 radical (unpaired) electrons. The van der Waals surface area contributed by atoms with Crippen molar-refractivity contribution >= 4 is 27.1 Å². The number of non-ortho nitro benzene ring substituents is 1. The highest BCUT2D eigenvalue weighted by atomic mass is 32.2. The maximum Gasteiger partial charge on any atom is 0.269 e. The number of para-hydroxylation sites is 1. The van der Waals surface area contributed by atoms with Gasteiger partial charge in [0.1, 0.15) is 12.4 Å². The lowest BCUT2D eigenvalue weighted by Crippen LogP contribution is -2.19. The lowest BCUT2D eigenvalue weighted by atomic mass is 10.1. The molecule has 3 aromatic rings. The number of nitrogens with zero attached hydrogens (tertiary/aromatic N) is 1. The van der Waals surface area contributed by atoms with Crippen LogP contribution >= 0.6 is 0 Å². The molecule has 176 valence electrons. The SMILES string of the molecule is O=C(Nc1ccc(S(=O)(=O)c2ccc([N+](=O)[O-])cc2)cc1)c1ccccc1OC[C@@H]1CCCO1. The number of carbonyl (C=O) groups excluding carboxylic acids is 1. The molecular weight excluding hydrogens is 460 g/mol. The van der Waals surface area contributed by atoms with Gasteiger partial charge in [-0.15, -0.1) is 0 Å². The molecule has 1 atom stereocenters. The van der Waals surface area contributed by atoms with Gasteiger partial charge in [0.2, 0.25) is 9.84 Å². The third-order valence-electron chi connectivity index (χ3n) is 5.36. The summed E-state index contributed by atoms with van der Waals surface area (Å²) in [5.41, 5.74) is 0.557. The molecule has 1 N–H and O–H groups in total. The predicted molar refractivity (Wildman–Crippen MR) is 124 cm³/mol. The minimum atomic E-state index is -3.87. The molecule has 0 unspecified atom stereocenters. The number of rotatable bonds is 8. The molecule has 1 fully saturated rings. The number of nitro benzene ring substituents is 1. The van der Waals surface area contributed by atoms with E-state index in [-0.39, 0.29) is 21.6 Å². The maximum absolute atomic E-state index is 12.8. The van der Waals surface area contributed by atoms with E-state index in [2.05, 4.69) is 5.32 Å². The Morgan fingerprint density at radius 2 is 1.68 bits per heavy atom. The second-order valence-corrected chi connectivity index (χ2v) is 9.62. The van der Waals surface area contributed by atoms with Crippen LogP contribution in [0.5, 0.6) is 5.75 Å². The van der Waals surface area contributed by atoms with Gasteiger partial charge in [0.15, 0.2) is 0 Å². The van der Waals surface area contributed by atoms with Gasteiger partial charge in [0.05, 0.1) is 26.4 Å². The number of amides is 1. The van der Waals surface area contributed by atoms with E-state index in [4.69, 9.17) is 9.47 Å². The molecule has 1 amide bonds. The van der Waals surface area contributed by atoms with Gasteiger partial charge in [-0.1, -0.05) is 12.1 Å². The molecule has 1 heterocycles. The minimum Gasteiger partial charge on any atom is -0.490 e. The van der Waals surface area contributed by atoms with Gasteiger partial charge in [-0.2, -0.15) is 0 Å². The Morgan fingerprint density at radius 1 is 1.03 bits per heavy atom. The standard InChI is InChI=1S/C24H22N2O7S/c27-24(22-5-1-2-6-23(22)33-16-19-4-3-15-32-19)25-17-7-11-20(12-8-17)34(30,31)21-13-9-18(10-14-21)26(28)29/h1-2,5-14,19H,3-4,15-16H2,(H,25,27)/t19-/m0/s1. The molecule has 1 aliphatic heterocycles. The van der Waals surface area contributed by atoms with Gasteiger partial charge in [-0.05, 0) is 61.4 Å². The summed E-state index contributed by atoms with van der Waals surface area (Å²) < 4.78 is 37.0. The van der Waals surface area contributed by atoms with Crippen LogP contribution < -0.4 is 10.1 Å². The van der Waals surface area contributed by atoms with E-state index in [0.717, 1.165) is 25.0 Å². The van der Waals surface area contributed by atoms with Crippen LogP contribution in [-0.2, 0) is 14.6 Å². The average Bonchev–Trinajstić information content (AvgIpc) is 3.37. The summed E-state index contributed by atoms with van der Waals surface area (Å²) in [7, 11) is -3.87. The van der Waals surface area contributed by atoms with Crippen LogP contribution in [0, 0.1) is 10.1 Å². The summed E-state index contributed by atoms with van der Waals surface area (Å²) in [5, 5.41) is 13.5. The molecule has 0 aliphatic carbocycles. The minimum absolute atomic E-state index is 0.000325. The van der Waals surface area contributed by atoms with Crippen LogP contribution in [0.1, 0.15) is 23.2 Å². The van der Waals surface area contributed by atoms with E-state index in [1.807, 2.05) is 0 Å². The largest absolute Gasteiger partial charge is 0.490 e. The van der Waals surface area contributed by atoms with Crippen molar-refractivity contribution in [3.63, 3.8) is 0 Å². The van der Waals surface area contributed by atoms with E-state index in [1.165, 1.54) is 36.4 Å². The number of carbonyl (C=O) groups is 1. The van der Waals surface area contributed by atoms with E-state index in [0.29, 0.717) is 30.2 Å². The molecule has 0 bridgehead atoms. The summed E-state index contributed by atoms with van der Waals surface area (Å²) >= 11 is 0. The van der Waals surface area contributed by atoms with Gasteiger partial charge < -0.3 is 14.8 Å². The van der Waals surface area contributed by atoms with Gasteiger partial charge in [0, 0.05) is 24.4 Å². The van der Waals surface area contributed by atoms with Crippen molar-refractivity contribution in [1.29, 1.82) is 0 Å². The molecule has 10 heteroatoms. The van der Waals surface area contributed by atoms with Crippen LogP contribution in [0.2, 0.25) is 0 Å². The van der Waals surface area contributed by atoms with Crippen molar-refractivity contribution < 1.29 is 27.6 Å². The molecule has 1 aliphatic rings. The summed E-state index contributed by atoms with van der Waals surface area (Å²) in [6, 6.07) is 17.2. The summed E-state index contributed by atoms with van der Waals surface area (Å²) in [5.74, 6) is 0.0433. The molecule has 1 saturated heterocycles. The summed E-state index contributed by atoms with van der Waals surface area (Å²) in [6.07, 6.45) is 1.93. The molecule has 0 aromatic heterocycles. The normalized spacial score (nSPS) is 15.6. The quantitative estimate of drug-likeness (QED) is 0.376. The lowest BCUT2D eigenvalue weighted by molar-refractivity contribution is -0.384. The van der Waals surface area contributed by atoms with Crippen molar-refractivity contribution in [1.82, 2.24) is 0 Å². The van der Waals surface area contributed by atoms with Gasteiger partial charge in [0.25, 0.3) is 11.6 Å². The number of hydrogen-bond donors (Lipinski definition) is 1. The first-order chi connectivity index (χ1) is 16.3. The van der Waals surface area contributed by atoms with Gasteiger partial charge in [-0.3, -0.25) is 14.9 Å². The number of anilines is 1. The highest BCUT2D eigenvalue weighted by Crippen LogP contribution is 2.25. The Morgan fingerprint density at radius 3 is 2.29 bits per heavy atom. The van der Waals surface area contributed by atoms with E-state index in [9.17, 15) is 23.3 Å². The fourth-order valence-electron chi connectivity index (χ4n) is 3.54. The van der Waals surface area contributed by atoms with Crippen molar-refractivity contribution in [3.8, 4) is 5.75 Å². The van der Waals surface area contributed by atoms with Gasteiger partial charge >= 0.3 is 0 Å². The molecule has 34 heavy (non-hydrogen) atoms. The van der Waals surface area contributed by atoms with Crippen molar-refractivity contribution in [2.24, 2.45) is 0 Å². The fraction of sp³-hybridized carbons (Fsp3) is 0.208. The Hall–Kier alpha value is -3.76. The average molecular weight is 483 g/mol. The second kappa shape index (κ2) is 10.0. The predicted octanol–water partition coefficient (Wildman–Crippen LogP) is 4.24. The summed E-state index contributed by atoms with van der Waals surface area (Å²) in [6.45, 7) is 1.07. The molecule has 0 spiro atoms. The number of nitro groups is 1. The first-order valence-corrected chi connectivity index (χ1v) is 12.1.